The van der Waals surface area contributed by atoms with Crippen molar-refractivity contribution in [2.75, 3.05) is 6.54 Å². The van der Waals surface area contributed by atoms with Gasteiger partial charge in [0.1, 0.15) is 12.1 Å². The van der Waals surface area contributed by atoms with E-state index in [4.69, 9.17) is 5.11 Å². The Labute approximate surface area is 139 Å². The van der Waals surface area contributed by atoms with Gasteiger partial charge in [-0.15, -0.1) is 0 Å². The lowest BCUT2D eigenvalue weighted by atomic mass is 9.82. The fourth-order valence-electron chi connectivity index (χ4n) is 3.30. The number of hydrogen-bond donors (Lipinski definition) is 3. The number of aliphatic carboxylic acids is 2. The molecule has 0 saturated carbocycles. The van der Waals surface area contributed by atoms with Crippen LogP contribution in [0.3, 0.4) is 0 Å². The first-order valence-corrected chi connectivity index (χ1v) is 8.04. The molecule has 2 amide bonds. The highest BCUT2D eigenvalue weighted by atomic mass is 16.4. The molecule has 4 atom stereocenters. The molecule has 1 aliphatic heterocycles. The second-order valence-corrected chi connectivity index (χ2v) is 6.25. The number of likely N-dealkylation sites (tertiary alicyclic amines) is 1. The van der Waals surface area contributed by atoms with E-state index in [2.05, 4.69) is 5.32 Å². The number of nitrogens with one attached hydrogen (secondary N) is 1. The molecule has 0 aromatic heterocycles. The number of carbonyl (C=O) groups is 4. The maximum absolute atomic E-state index is 12.4. The molecule has 1 saturated heterocycles. The van der Waals surface area contributed by atoms with Crippen molar-refractivity contribution in [3.63, 3.8) is 0 Å². The highest BCUT2D eigenvalue weighted by molar-refractivity contribution is 5.92. The topological polar surface area (TPSA) is 124 Å². The minimum atomic E-state index is -1.05. The number of amides is 2. The molecule has 3 N–H and O–H groups in total. The van der Waals surface area contributed by atoms with Crippen molar-refractivity contribution in [2.45, 2.75) is 44.7 Å². The van der Waals surface area contributed by atoms with Gasteiger partial charge in [0.25, 0.3) is 0 Å². The minimum absolute atomic E-state index is 0.281. The Bertz CT molecular complexity index is 573. The first kappa shape index (κ1) is 18.0. The lowest BCUT2D eigenvalue weighted by Gasteiger charge is -2.28. The van der Waals surface area contributed by atoms with Gasteiger partial charge in [-0.05, 0) is 32.6 Å². The van der Waals surface area contributed by atoms with Crippen molar-refractivity contribution in [1.29, 1.82) is 0 Å². The molecule has 0 radical (unpaired) electrons. The molecule has 0 bridgehead atoms. The van der Waals surface area contributed by atoms with E-state index in [1.54, 1.807) is 12.2 Å². The Morgan fingerprint density at radius 2 is 1.71 bits per heavy atom. The number of rotatable bonds is 5. The van der Waals surface area contributed by atoms with Crippen LogP contribution in [0.2, 0.25) is 0 Å². The van der Waals surface area contributed by atoms with Crippen LogP contribution in [0, 0.1) is 11.8 Å². The van der Waals surface area contributed by atoms with Crippen LogP contribution in [0.25, 0.3) is 0 Å². The van der Waals surface area contributed by atoms with E-state index in [1.165, 1.54) is 11.8 Å². The summed E-state index contributed by atoms with van der Waals surface area (Å²) in [5.41, 5.74) is 0. The summed E-state index contributed by atoms with van der Waals surface area (Å²) >= 11 is 0. The second kappa shape index (κ2) is 7.46. The molecule has 0 aromatic rings. The van der Waals surface area contributed by atoms with E-state index in [9.17, 15) is 24.3 Å². The number of hydrogen-bond acceptors (Lipinski definition) is 4. The molecule has 1 fully saturated rings. The number of allylic oxidation sites excluding steroid dienone is 2. The van der Waals surface area contributed by atoms with Crippen molar-refractivity contribution < 1.29 is 29.4 Å². The summed E-state index contributed by atoms with van der Waals surface area (Å²) in [5.74, 6) is -4.57. The molecule has 132 valence electrons. The maximum Gasteiger partial charge on any atom is 0.326 e. The van der Waals surface area contributed by atoms with Gasteiger partial charge in [-0.2, -0.15) is 0 Å². The first-order valence-electron chi connectivity index (χ1n) is 8.04. The largest absolute Gasteiger partial charge is 0.481 e. The Hall–Kier alpha value is -2.38. The quantitative estimate of drug-likeness (QED) is 0.617. The molecule has 1 aliphatic carbocycles. The van der Waals surface area contributed by atoms with Gasteiger partial charge in [0.05, 0.1) is 11.8 Å². The lowest BCUT2D eigenvalue weighted by Crippen LogP contribution is -2.52. The number of nitrogens with zero attached hydrogens (tertiary/aromatic N) is 1. The van der Waals surface area contributed by atoms with E-state index < -0.39 is 47.7 Å². The number of carbonyl (C=O) groups excluding carboxylic acids is 2. The first-order chi connectivity index (χ1) is 11.3. The van der Waals surface area contributed by atoms with Crippen LogP contribution in [0.15, 0.2) is 12.2 Å². The monoisotopic (exact) mass is 338 g/mol. The van der Waals surface area contributed by atoms with Gasteiger partial charge in [0.15, 0.2) is 0 Å². The molecule has 1 heterocycles. The van der Waals surface area contributed by atoms with E-state index >= 15 is 0 Å². The molecule has 8 heteroatoms. The summed E-state index contributed by atoms with van der Waals surface area (Å²) in [5, 5.41) is 20.9. The van der Waals surface area contributed by atoms with E-state index in [0.717, 1.165) is 0 Å². The lowest BCUT2D eigenvalue weighted by molar-refractivity contribution is -0.150. The van der Waals surface area contributed by atoms with Crippen molar-refractivity contribution in [2.24, 2.45) is 11.8 Å². The Balaban J connectivity index is 2.00. The summed E-state index contributed by atoms with van der Waals surface area (Å²) < 4.78 is 0. The Morgan fingerprint density at radius 3 is 2.29 bits per heavy atom. The van der Waals surface area contributed by atoms with Gasteiger partial charge in [0, 0.05) is 6.54 Å². The molecule has 8 nitrogen and oxygen atoms in total. The molecule has 2 aliphatic rings. The van der Waals surface area contributed by atoms with Gasteiger partial charge >= 0.3 is 11.9 Å². The SMILES string of the molecule is C[C@H](NC(=O)[C@@H]1CC=CC[C@@H]1C(=O)O)C(=O)N1CCC[C@H]1C(=O)O. The van der Waals surface area contributed by atoms with Gasteiger partial charge in [-0.25, -0.2) is 4.79 Å². The third-order valence-corrected chi connectivity index (χ3v) is 4.64. The Morgan fingerprint density at radius 1 is 1.08 bits per heavy atom. The van der Waals surface area contributed by atoms with Crippen LogP contribution in [-0.2, 0) is 19.2 Å². The van der Waals surface area contributed by atoms with Crippen LogP contribution < -0.4 is 5.32 Å². The van der Waals surface area contributed by atoms with E-state index in [0.29, 0.717) is 25.8 Å². The summed E-state index contributed by atoms with van der Waals surface area (Å²) in [6.07, 6.45) is 5.10. The van der Waals surface area contributed by atoms with Gasteiger partial charge in [-0.3, -0.25) is 14.4 Å². The zero-order valence-electron chi connectivity index (χ0n) is 13.5. The highest BCUT2D eigenvalue weighted by Gasteiger charge is 2.38. The van der Waals surface area contributed by atoms with Crippen LogP contribution in [0.1, 0.15) is 32.6 Å². The number of carboxylic acids is 2. The average molecular weight is 338 g/mol. The third kappa shape index (κ3) is 3.74. The van der Waals surface area contributed by atoms with Crippen molar-refractivity contribution in [3.8, 4) is 0 Å². The van der Waals surface area contributed by atoms with E-state index in [-0.39, 0.29) is 6.42 Å². The van der Waals surface area contributed by atoms with Crippen LogP contribution >= 0.6 is 0 Å². The molecular weight excluding hydrogens is 316 g/mol. The fraction of sp³-hybridized carbons (Fsp3) is 0.625. The Kier molecular flexibility index (Phi) is 5.58. The fourth-order valence-corrected chi connectivity index (χ4v) is 3.30. The predicted molar refractivity (Wildman–Crippen MR) is 83.0 cm³/mol. The van der Waals surface area contributed by atoms with Crippen molar-refractivity contribution in [1.82, 2.24) is 10.2 Å². The maximum atomic E-state index is 12.4. The van der Waals surface area contributed by atoms with Crippen molar-refractivity contribution >= 4 is 23.8 Å². The zero-order valence-corrected chi connectivity index (χ0v) is 13.5. The average Bonchev–Trinajstić information content (AvgIpc) is 3.03. The molecule has 0 unspecified atom stereocenters. The van der Waals surface area contributed by atoms with Crippen molar-refractivity contribution in [3.05, 3.63) is 12.2 Å². The standard InChI is InChI=1S/C16H22N2O6/c1-9(14(20)18-8-4-7-12(18)16(23)24)17-13(19)10-5-2-3-6-11(10)15(21)22/h2-3,9-12H,4-8H2,1H3,(H,17,19)(H,21,22)(H,23,24)/t9-,10+,11-,12-/m0/s1. The number of carboxylic acid groups (broad SMARTS) is 2. The van der Waals surface area contributed by atoms with Gasteiger partial charge in [-0.1, -0.05) is 12.2 Å². The molecule has 0 aromatic carbocycles. The summed E-state index contributed by atoms with van der Waals surface area (Å²) in [6.45, 7) is 1.84. The summed E-state index contributed by atoms with van der Waals surface area (Å²) in [6, 6.07) is -1.75. The third-order valence-electron chi connectivity index (χ3n) is 4.64. The van der Waals surface area contributed by atoms with Crippen LogP contribution in [0.4, 0.5) is 0 Å². The molecule has 2 rings (SSSR count). The van der Waals surface area contributed by atoms with E-state index in [1.807, 2.05) is 0 Å². The summed E-state index contributed by atoms with van der Waals surface area (Å²) in [4.78, 5) is 48.5. The predicted octanol–water partition coefficient (Wildman–Crippen LogP) is 0.234. The highest BCUT2D eigenvalue weighted by Crippen LogP contribution is 2.26. The molecule has 0 spiro atoms. The van der Waals surface area contributed by atoms with Gasteiger partial charge < -0.3 is 20.4 Å². The second-order valence-electron chi connectivity index (χ2n) is 6.25. The molecule has 24 heavy (non-hydrogen) atoms. The van der Waals surface area contributed by atoms with Crippen LogP contribution in [-0.4, -0.2) is 57.5 Å². The zero-order chi connectivity index (χ0) is 17.9. The smallest absolute Gasteiger partial charge is 0.326 e. The van der Waals surface area contributed by atoms with Crippen LogP contribution in [0.5, 0.6) is 0 Å². The normalized spacial score (nSPS) is 27.5. The minimum Gasteiger partial charge on any atom is -0.481 e. The van der Waals surface area contributed by atoms with Gasteiger partial charge in [0.2, 0.25) is 11.8 Å². The molecular formula is C16H22N2O6. The summed E-state index contributed by atoms with van der Waals surface area (Å²) in [7, 11) is 0.